The van der Waals surface area contributed by atoms with Crippen molar-refractivity contribution in [1.29, 1.82) is 0 Å². The lowest BCUT2D eigenvalue weighted by atomic mass is 10.1. The Hall–Kier alpha value is -1.65. The van der Waals surface area contributed by atoms with Gasteiger partial charge in [-0.3, -0.25) is 0 Å². The average molecular weight is 291 g/mol. The molecule has 0 aliphatic carbocycles. The van der Waals surface area contributed by atoms with E-state index in [4.69, 9.17) is 16.3 Å². The molecule has 0 radical (unpaired) electrons. The van der Waals surface area contributed by atoms with E-state index in [1.807, 2.05) is 18.2 Å². The summed E-state index contributed by atoms with van der Waals surface area (Å²) < 4.78 is 6.32. The van der Waals surface area contributed by atoms with E-state index in [2.05, 4.69) is 23.0 Å². The monoisotopic (exact) mass is 290 g/mol. The molecule has 0 bridgehead atoms. The molecule has 0 spiro atoms. The maximum atomic E-state index is 6.09. The van der Waals surface area contributed by atoms with Crippen LogP contribution in [0.1, 0.15) is 5.56 Å². The molecule has 0 saturated carbocycles. The lowest BCUT2D eigenvalue weighted by molar-refractivity contribution is 0.416. The number of hydrogen-bond acceptors (Lipinski definition) is 4. The minimum Gasteiger partial charge on any atom is -0.496 e. The average Bonchev–Trinajstić information content (AvgIpc) is 2.84. The standard InChI is InChI=1S/C14H11ClN2OS/c1-8-3-4-11(18-2)9(5-8)12-6-10-13(19-12)14(15)17-7-16-10/h3-7H,1-2H3. The lowest BCUT2D eigenvalue weighted by Gasteiger charge is -2.07. The third-order valence-corrected chi connectivity index (χ3v) is 4.45. The fourth-order valence-corrected chi connectivity index (χ4v) is 3.24. The molecule has 3 aromatic rings. The van der Waals surface area contributed by atoms with Crippen LogP contribution >= 0.6 is 22.9 Å². The van der Waals surface area contributed by atoms with Gasteiger partial charge in [-0.1, -0.05) is 23.2 Å². The number of aromatic nitrogens is 2. The molecule has 3 nitrogen and oxygen atoms in total. The highest BCUT2D eigenvalue weighted by Gasteiger charge is 2.12. The van der Waals surface area contributed by atoms with Crippen LogP contribution in [0.15, 0.2) is 30.6 Å². The van der Waals surface area contributed by atoms with Gasteiger partial charge in [0.1, 0.15) is 17.2 Å². The quantitative estimate of drug-likeness (QED) is 0.659. The molecule has 0 amide bonds. The van der Waals surface area contributed by atoms with Gasteiger partial charge in [-0.05, 0) is 25.1 Å². The van der Waals surface area contributed by atoms with Gasteiger partial charge in [0, 0.05) is 10.4 Å². The van der Waals surface area contributed by atoms with Gasteiger partial charge in [0.25, 0.3) is 0 Å². The van der Waals surface area contributed by atoms with Crippen LogP contribution in [0.4, 0.5) is 0 Å². The number of fused-ring (bicyclic) bond motifs is 1. The molecule has 96 valence electrons. The first-order chi connectivity index (χ1) is 9.19. The van der Waals surface area contributed by atoms with Crippen LogP contribution in [0.2, 0.25) is 5.15 Å². The molecule has 2 aromatic heterocycles. The molecule has 0 fully saturated rings. The maximum Gasteiger partial charge on any atom is 0.150 e. The van der Waals surface area contributed by atoms with Crippen molar-refractivity contribution in [3.63, 3.8) is 0 Å². The van der Waals surface area contributed by atoms with Gasteiger partial charge in [-0.2, -0.15) is 0 Å². The van der Waals surface area contributed by atoms with Crippen LogP contribution in [-0.2, 0) is 0 Å². The highest BCUT2D eigenvalue weighted by atomic mass is 35.5. The minimum atomic E-state index is 0.493. The molecule has 0 aliphatic rings. The number of benzene rings is 1. The van der Waals surface area contributed by atoms with Crippen molar-refractivity contribution in [2.45, 2.75) is 6.92 Å². The number of ether oxygens (including phenoxy) is 1. The normalized spacial score (nSPS) is 10.9. The molecule has 2 heterocycles. The molecule has 0 unspecified atom stereocenters. The second-order valence-electron chi connectivity index (χ2n) is 4.19. The molecular weight excluding hydrogens is 280 g/mol. The smallest absolute Gasteiger partial charge is 0.150 e. The minimum absolute atomic E-state index is 0.493. The van der Waals surface area contributed by atoms with E-state index in [0.717, 1.165) is 26.4 Å². The van der Waals surface area contributed by atoms with Crippen LogP contribution in [0, 0.1) is 6.92 Å². The number of methoxy groups -OCH3 is 1. The molecular formula is C14H11ClN2OS. The van der Waals surface area contributed by atoms with Crippen molar-refractivity contribution in [2.24, 2.45) is 0 Å². The van der Waals surface area contributed by atoms with Crippen molar-refractivity contribution < 1.29 is 4.74 Å². The van der Waals surface area contributed by atoms with E-state index in [-0.39, 0.29) is 0 Å². The first-order valence-electron chi connectivity index (χ1n) is 5.74. The van der Waals surface area contributed by atoms with Crippen molar-refractivity contribution in [2.75, 3.05) is 7.11 Å². The molecule has 0 atom stereocenters. The number of rotatable bonds is 2. The van der Waals surface area contributed by atoms with Gasteiger partial charge in [0.15, 0.2) is 0 Å². The van der Waals surface area contributed by atoms with Crippen LogP contribution < -0.4 is 4.74 Å². The fraction of sp³-hybridized carbons (Fsp3) is 0.143. The zero-order valence-electron chi connectivity index (χ0n) is 10.5. The molecule has 1 aromatic carbocycles. The third-order valence-electron chi connectivity index (χ3n) is 2.89. The number of nitrogens with zero attached hydrogens (tertiary/aromatic N) is 2. The van der Waals surface area contributed by atoms with E-state index in [1.165, 1.54) is 11.9 Å². The van der Waals surface area contributed by atoms with Gasteiger partial charge < -0.3 is 4.74 Å². The maximum absolute atomic E-state index is 6.09. The van der Waals surface area contributed by atoms with E-state index in [1.54, 1.807) is 18.4 Å². The first-order valence-corrected chi connectivity index (χ1v) is 6.93. The predicted molar refractivity (Wildman–Crippen MR) is 79.2 cm³/mol. The Morgan fingerprint density at radius 3 is 2.79 bits per heavy atom. The molecule has 0 N–H and O–H groups in total. The number of aryl methyl sites for hydroxylation is 1. The van der Waals surface area contributed by atoms with E-state index in [9.17, 15) is 0 Å². The van der Waals surface area contributed by atoms with Gasteiger partial charge in [-0.25, -0.2) is 9.97 Å². The SMILES string of the molecule is COc1ccc(C)cc1-c1cc2ncnc(Cl)c2s1. The molecule has 19 heavy (non-hydrogen) atoms. The van der Waals surface area contributed by atoms with E-state index < -0.39 is 0 Å². The number of hydrogen-bond donors (Lipinski definition) is 0. The summed E-state index contributed by atoms with van der Waals surface area (Å²) >= 11 is 7.67. The van der Waals surface area contributed by atoms with Gasteiger partial charge >= 0.3 is 0 Å². The highest BCUT2D eigenvalue weighted by Crippen LogP contribution is 2.39. The Kier molecular flexibility index (Phi) is 3.12. The second-order valence-corrected chi connectivity index (χ2v) is 5.60. The van der Waals surface area contributed by atoms with Crippen LogP contribution in [0.25, 0.3) is 20.7 Å². The summed E-state index contributed by atoms with van der Waals surface area (Å²) in [5.74, 6) is 0.848. The topological polar surface area (TPSA) is 35.0 Å². The van der Waals surface area contributed by atoms with Crippen LogP contribution in [-0.4, -0.2) is 17.1 Å². The second kappa shape index (κ2) is 4.79. The summed E-state index contributed by atoms with van der Waals surface area (Å²) in [6, 6.07) is 8.13. The molecule has 0 saturated heterocycles. The summed E-state index contributed by atoms with van der Waals surface area (Å²) in [5.41, 5.74) is 3.11. The summed E-state index contributed by atoms with van der Waals surface area (Å²) in [5, 5.41) is 0.493. The van der Waals surface area contributed by atoms with Gasteiger partial charge in [0.05, 0.1) is 17.3 Å². The lowest BCUT2D eigenvalue weighted by Crippen LogP contribution is -1.87. The van der Waals surface area contributed by atoms with Gasteiger partial charge in [-0.15, -0.1) is 11.3 Å². The Labute approximate surface area is 119 Å². The number of thiophene rings is 1. The summed E-state index contributed by atoms with van der Waals surface area (Å²) in [6.45, 7) is 2.06. The van der Waals surface area contributed by atoms with Crippen molar-refractivity contribution in [1.82, 2.24) is 9.97 Å². The van der Waals surface area contributed by atoms with Crippen LogP contribution in [0.5, 0.6) is 5.75 Å². The zero-order valence-corrected chi connectivity index (χ0v) is 12.0. The number of halogens is 1. The van der Waals surface area contributed by atoms with Crippen molar-refractivity contribution >= 4 is 33.2 Å². The Morgan fingerprint density at radius 1 is 1.21 bits per heavy atom. The first kappa shape index (κ1) is 12.4. The predicted octanol–water partition coefficient (Wildman–Crippen LogP) is 4.33. The summed E-state index contributed by atoms with van der Waals surface area (Å²) in [4.78, 5) is 9.33. The molecule has 0 aliphatic heterocycles. The van der Waals surface area contributed by atoms with Crippen LogP contribution in [0.3, 0.4) is 0 Å². The van der Waals surface area contributed by atoms with Crippen molar-refractivity contribution in [3.05, 3.63) is 41.3 Å². The Bertz CT molecular complexity index is 754. The largest absolute Gasteiger partial charge is 0.496 e. The summed E-state index contributed by atoms with van der Waals surface area (Å²) in [7, 11) is 1.67. The van der Waals surface area contributed by atoms with Gasteiger partial charge in [0.2, 0.25) is 0 Å². The molecule has 5 heteroatoms. The third kappa shape index (κ3) is 2.17. The fourth-order valence-electron chi connectivity index (χ4n) is 1.97. The van der Waals surface area contributed by atoms with E-state index >= 15 is 0 Å². The summed E-state index contributed by atoms with van der Waals surface area (Å²) in [6.07, 6.45) is 1.48. The van der Waals surface area contributed by atoms with E-state index in [0.29, 0.717) is 5.15 Å². The van der Waals surface area contributed by atoms with Crippen molar-refractivity contribution in [3.8, 4) is 16.2 Å². The Morgan fingerprint density at radius 2 is 2.05 bits per heavy atom. The Balaban J connectivity index is 2.24. The highest BCUT2D eigenvalue weighted by molar-refractivity contribution is 7.22. The zero-order chi connectivity index (χ0) is 13.4. The molecule has 3 rings (SSSR count).